The second-order valence-corrected chi connectivity index (χ2v) is 4.39. The van der Waals surface area contributed by atoms with Crippen molar-refractivity contribution >= 4 is 17.7 Å². The summed E-state index contributed by atoms with van der Waals surface area (Å²) < 4.78 is 0. The molecule has 1 aromatic rings. The van der Waals surface area contributed by atoms with Crippen molar-refractivity contribution < 1.29 is 4.79 Å². The molecule has 4 nitrogen and oxygen atoms in total. The first kappa shape index (κ1) is 12.8. The van der Waals surface area contributed by atoms with Crippen LogP contribution in [0.3, 0.4) is 0 Å². The largest absolute Gasteiger partial charge is 0.348 e. The Morgan fingerprint density at radius 2 is 2.31 bits per heavy atom. The first-order valence-corrected chi connectivity index (χ1v) is 6.55. The van der Waals surface area contributed by atoms with Crippen LogP contribution in [0.5, 0.6) is 0 Å². The van der Waals surface area contributed by atoms with Gasteiger partial charge in [-0.05, 0) is 18.7 Å². The van der Waals surface area contributed by atoms with Crippen molar-refractivity contribution in [3.8, 4) is 0 Å². The molecular weight excluding hydrogens is 224 g/mol. The molecule has 0 saturated carbocycles. The molecule has 0 bridgehead atoms. The number of pyridine rings is 1. The summed E-state index contributed by atoms with van der Waals surface area (Å²) in [4.78, 5) is 25.1. The summed E-state index contributed by atoms with van der Waals surface area (Å²) in [5, 5.41) is 2.92. The lowest BCUT2D eigenvalue weighted by Crippen LogP contribution is -2.36. The normalized spacial score (nSPS) is 12.1. The number of thioether (sulfide) groups is 1. The van der Waals surface area contributed by atoms with E-state index in [0.717, 1.165) is 12.2 Å². The molecule has 1 atom stereocenters. The van der Waals surface area contributed by atoms with E-state index in [1.165, 1.54) is 18.3 Å². The van der Waals surface area contributed by atoms with Gasteiger partial charge >= 0.3 is 0 Å². The van der Waals surface area contributed by atoms with E-state index in [-0.39, 0.29) is 17.5 Å². The molecule has 5 heteroatoms. The number of nitrogens with one attached hydrogen (secondary N) is 2. The van der Waals surface area contributed by atoms with Crippen LogP contribution in [0.1, 0.15) is 23.7 Å². The number of carbonyl (C=O) groups is 1. The number of rotatable bonds is 5. The van der Waals surface area contributed by atoms with Gasteiger partial charge in [0.1, 0.15) is 0 Å². The average Bonchev–Trinajstić information content (AvgIpc) is 2.29. The van der Waals surface area contributed by atoms with Crippen LogP contribution in [0.15, 0.2) is 23.1 Å². The first-order valence-electron chi connectivity index (χ1n) is 5.16. The maximum atomic E-state index is 11.8. The Hall–Kier alpha value is -1.23. The van der Waals surface area contributed by atoms with E-state index in [9.17, 15) is 9.59 Å². The number of hydrogen-bond acceptors (Lipinski definition) is 3. The maximum absolute atomic E-state index is 11.8. The molecule has 1 heterocycles. The minimum absolute atomic E-state index is 0.142. The highest BCUT2D eigenvalue weighted by Crippen LogP contribution is 2.02. The van der Waals surface area contributed by atoms with Crippen LogP contribution in [0.25, 0.3) is 0 Å². The van der Waals surface area contributed by atoms with Gasteiger partial charge in [0, 0.05) is 24.1 Å². The van der Waals surface area contributed by atoms with Gasteiger partial charge in [-0.1, -0.05) is 6.92 Å². The van der Waals surface area contributed by atoms with Crippen LogP contribution >= 0.6 is 11.8 Å². The van der Waals surface area contributed by atoms with Crippen LogP contribution in [-0.4, -0.2) is 28.9 Å². The molecule has 0 aliphatic heterocycles. The number of carbonyl (C=O) groups excluding carboxylic acids is 1. The van der Waals surface area contributed by atoms with Crippen molar-refractivity contribution in [2.24, 2.45) is 0 Å². The summed E-state index contributed by atoms with van der Waals surface area (Å²) in [6.07, 6.45) is 4.34. The number of amides is 1. The van der Waals surface area contributed by atoms with Crippen LogP contribution in [0, 0.1) is 0 Å². The van der Waals surface area contributed by atoms with Gasteiger partial charge in [0.05, 0.1) is 5.56 Å². The standard InChI is InChI=1S/C11H16N2O2S/c1-3-9(7-16-2)13-11(15)8-4-5-10(14)12-6-8/h4-6,9H,3,7H2,1-2H3,(H,12,14)(H,13,15). The molecule has 1 rings (SSSR count). The van der Waals surface area contributed by atoms with Gasteiger partial charge in [-0.3, -0.25) is 9.59 Å². The summed E-state index contributed by atoms with van der Waals surface area (Å²) in [5.74, 6) is 0.753. The molecule has 0 aromatic carbocycles. The summed E-state index contributed by atoms with van der Waals surface area (Å²) in [5.41, 5.74) is 0.284. The molecule has 2 N–H and O–H groups in total. The fourth-order valence-electron chi connectivity index (χ4n) is 1.28. The van der Waals surface area contributed by atoms with E-state index in [1.54, 1.807) is 11.8 Å². The maximum Gasteiger partial charge on any atom is 0.253 e. The topological polar surface area (TPSA) is 62.0 Å². The Balaban J connectivity index is 2.64. The first-order chi connectivity index (χ1) is 7.67. The molecule has 1 aromatic heterocycles. The molecule has 0 aliphatic carbocycles. The highest BCUT2D eigenvalue weighted by atomic mass is 32.2. The van der Waals surface area contributed by atoms with Crippen molar-refractivity contribution in [3.05, 3.63) is 34.2 Å². The van der Waals surface area contributed by atoms with Crippen molar-refractivity contribution in [1.82, 2.24) is 10.3 Å². The third kappa shape index (κ3) is 3.73. The summed E-state index contributed by atoms with van der Waals surface area (Å²) in [6, 6.07) is 3.05. The van der Waals surface area contributed by atoms with Gasteiger partial charge in [0.25, 0.3) is 5.91 Å². The van der Waals surface area contributed by atoms with Gasteiger partial charge in [-0.2, -0.15) is 11.8 Å². The van der Waals surface area contributed by atoms with E-state index in [2.05, 4.69) is 10.3 Å². The quantitative estimate of drug-likeness (QED) is 0.814. The van der Waals surface area contributed by atoms with Gasteiger partial charge < -0.3 is 10.3 Å². The lowest BCUT2D eigenvalue weighted by atomic mass is 10.2. The van der Waals surface area contributed by atoms with E-state index < -0.39 is 0 Å². The molecular formula is C11H16N2O2S. The third-order valence-electron chi connectivity index (χ3n) is 2.24. The molecule has 0 fully saturated rings. The molecule has 1 amide bonds. The Morgan fingerprint density at radius 3 is 2.81 bits per heavy atom. The fraction of sp³-hybridized carbons (Fsp3) is 0.455. The van der Waals surface area contributed by atoms with Crippen molar-refractivity contribution in [2.75, 3.05) is 12.0 Å². The van der Waals surface area contributed by atoms with Crippen LogP contribution < -0.4 is 10.9 Å². The molecule has 16 heavy (non-hydrogen) atoms. The number of H-pyrrole nitrogens is 1. The van der Waals surface area contributed by atoms with E-state index >= 15 is 0 Å². The Kier molecular flexibility index (Phi) is 5.11. The third-order valence-corrected chi connectivity index (χ3v) is 2.98. The monoisotopic (exact) mass is 240 g/mol. The average molecular weight is 240 g/mol. The highest BCUT2D eigenvalue weighted by molar-refractivity contribution is 7.98. The summed E-state index contributed by atoms with van der Waals surface area (Å²) in [6.45, 7) is 2.04. The summed E-state index contributed by atoms with van der Waals surface area (Å²) in [7, 11) is 0. The predicted octanol–water partition coefficient (Wildman–Crippen LogP) is 1.25. The number of hydrogen-bond donors (Lipinski definition) is 2. The van der Waals surface area contributed by atoms with Gasteiger partial charge in [0.15, 0.2) is 0 Å². The van der Waals surface area contributed by atoms with E-state index in [0.29, 0.717) is 5.56 Å². The zero-order valence-corrected chi connectivity index (χ0v) is 10.3. The Morgan fingerprint density at radius 1 is 1.56 bits per heavy atom. The second kappa shape index (κ2) is 6.37. The van der Waals surface area contributed by atoms with E-state index in [4.69, 9.17) is 0 Å². The van der Waals surface area contributed by atoms with Crippen molar-refractivity contribution in [3.63, 3.8) is 0 Å². The van der Waals surface area contributed by atoms with Crippen molar-refractivity contribution in [1.29, 1.82) is 0 Å². The minimum Gasteiger partial charge on any atom is -0.348 e. The fourth-order valence-corrected chi connectivity index (χ4v) is 2.00. The molecule has 0 radical (unpaired) electrons. The lowest BCUT2D eigenvalue weighted by molar-refractivity contribution is 0.0939. The zero-order valence-electron chi connectivity index (χ0n) is 9.45. The Bertz CT molecular complexity index is 383. The van der Waals surface area contributed by atoms with Crippen LogP contribution in [0.2, 0.25) is 0 Å². The zero-order chi connectivity index (χ0) is 12.0. The van der Waals surface area contributed by atoms with Gasteiger partial charge in [-0.25, -0.2) is 0 Å². The number of aromatic nitrogens is 1. The molecule has 0 spiro atoms. The van der Waals surface area contributed by atoms with E-state index in [1.807, 2.05) is 13.2 Å². The number of aromatic amines is 1. The lowest BCUT2D eigenvalue weighted by Gasteiger charge is -2.15. The molecule has 0 saturated heterocycles. The highest BCUT2D eigenvalue weighted by Gasteiger charge is 2.11. The molecule has 0 aliphatic rings. The van der Waals surface area contributed by atoms with Crippen molar-refractivity contribution in [2.45, 2.75) is 19.4 Å². The second-order valence-electron chi connectivity index (χ2n) is 3.48. The van der Waals surface area contributed by atoms with Crippen LogP contribution in [0.4, 0.5) is 0 Å². The summed E-state index contributed by atoms with van der Waals surface area (Å²) >= 11 is 1.70. The van der Waals surface area contributed by atoms with Gasteiger partial charge in [-0.15, -0.1) is 0 Å². The minimum atomic E-state index is -0.201. The Labute approximate surface area is 98.8 Å². The SMILES string of the molecule is CCC(CSC)NC(=O)c1ccc(=O)[nH]c1. The molecule has 1 unspecified atom stereocenters. The van der Waals surface area contributed by atoms with Crippen LogP contribution in [-0.2, 0) is 0 Å². The smallest absolute Gasteiger partial charge is 0.253 e. The van der Waals surface area contributed by atoms with Gasteiger partial charge in [0.2, 0.25) is 5.56 Å². The predicted molar refractivity (Wildman–Crippen MR) is 67.0 cm³/mol. The molecule has 88 valence electrons.